The van der Waals surface area contributed by atoms with E-state index >= 15 is 0 Å². The molecular formula is C18H17N3O3. The van der Waals surface area contributed by atoms with Gasteiger partial charge in [0.2, 0.25) is 17.7 Å². The SMILES string of the molecule is O=C1CN(C(=O)/C=C/c2ccc(Oc3ccccc3)nc2)CCN1. The lowest BCUT2D eigenvalue weighted by Crippen LogP contribution is -2.49. The molecule has 6 heteroatoms. The molecule has 1 aromatic carbocycles. The fourth-order valence-corrected chi connectivity index (χ4v) is 2.26. The van der Waals surface area contributed by atoms with Crippen LogP contribution in [0.4, 0.5) is 0 Å². The number of pyridine rings is 1. The van der Waals surface area contributed by atoms with Crippen LogP contribution in [0, 0.1) is 0 Å². The summed E-state index contributed by atoms with van der Waals surface area (Å²) in [4.78, 5) is 29.0. The Kier molecular flexibility index (Phi) is 4.86. The van der Waals surface area contributed by atoms with Gasteiger partial charge in [0.1, 0.15) is 5.75 Å². The first-order valence-corrected chi connectivity index (χ1v) is 7.63. The molecule has 1 aromatic heterocycles. The predicted octanol–water partition coefficient (Wildman–Crippen LogP) is 1.85. The lowest BCUT2D eigenvalue weighted by Gasteiger charge is -2.25. The first-order chi connectivity index (χ1) is 11.7. The Morgan fingerprint density at radius 3 is 2.75 bits per heavy atom. The van der Waals surface area contributed by atoms with Crippen LogP contribution < -0.4 is 10.1 Å². The van der Waals surface area contributed by atoms with E-state index in [0.717, 1.165) is 5.56 Å². The number of hydrogen-bond donors (Lipinski definition) is 1. The Balaban J connectivity index is 1.59. The van der Waals surface area contributed by atoms with Gasteiger partial charge in [-0.05, 0) is 29.8 Å². The second kappa shape index (κ2) is 7.41. The maximum absolute atomic E-state index is 12.0. The van der Waals surface area contributed by atoms with Crippen LogP contribution in [0.2, 0.25) is 0 Å². The molecule has 2 heterocycles. The number of nitrogens with zero attached hydrogens (tertiary/aromatic N) is 2. The van der Waals surface area contributed by atoms with Gasteiger partial charge in [0.25, 0.3) is 0 Å². The van der Waals surface area contributed by atoms with Crippen molar-refractivity contribution in [2.75, 3.05) is 19.6 Å². The zero-order valence-electron chi connectivity index (χ0n) is 13.0. The number of carbonyl (C=O) groups excluding carboxylic acids is 2. The number of para-hydroxylation sites is 1. The number of nitrogens with one attached hydrogen (secondary N) is 1. The number of piperazine rings is 1. The van der Waals surface area contributed by atoms with Crippen LogP contribution >= 0.6 is 0 Å². The third-order valence-corrected chi connectivity index (χ3v) is 3.49. The summed E-state index contributed by atoms with van der Waals surface area (Å²) in [5.74, 6) is 0.880. The number of aromatic nitrogens is 1. The van der Waals surface area contributed by atoms with Gasteiger partial charge in [0.05, 0.1) is 6.54 Å². The highest BCUT2D eigenvalue weighted by atomic mass is 16.5. The zero-order chi connectivity index (χ0) is 16.8. The summed E-state index contributed by atoms with van der Waals surface area (Å²) in [6.07, 6.45) is 4.76. The maximum atomic E-state index is 12.0. The lowest BCUT2D eigenvalue weighted by molar-refractivity contribution is -0.134. The third kappa shape index (κ3) is 4.19. The van der Waals surface area contributed by atoms with Crippen LogP contribution in [0.3, 0.4) is 0 Å². The largest absolute Gasteiger partial charge is 0.439 e. The fraction of sp³-hybridized carbons (Fsp3) is 0.167. The van der Waals surface area contributed by atoms with Gasteiger partial charge in [-0.1, -0.05) is 18.2 Å². The lowest BCUT2D eigenvalue weighted by atomic mass is 10.2. The van der Waals surface area contributed by atoms with Crippen molar-refractivity contribution < 1.29 is 14.3 Å². The average molecular weight is 323 g/mol. The Hall–Kier alpha value is -3.15. The van der Waals surface area contributed by atoms with Gasteiger partial charge in [0, 0.05) is 31.4 Å². The Morgan fingerprint density at radius 2 is 2.04 bits per heavy atom. The molecule has 1 fully saturated rings. The molecular weight excluding hydrogens is 306 g/mol. The summed E-state index contributed by atoms with van der Waals surface area (Å²) >= 11 is 0. The topological polar surface area (TPSA) is 71.5 Å². The van der Waals surface area contributed by atoms with E-state index in [2.05, 4.69) is 10.3 Å². The molecule has 2 aromatic rings. The minimum Gasteiger partial charge on any atom is -0.439 e. The average Bonchev–Trinajstić information content (AvgIpc) is 2.62. The van der Waals surface area contributed by atoms with Crippen LogP contribution in [0.25, 0.3) is 6.08 Å². The Labute approximate surface area is 139 Å². The van der Waals surface area contributed by atoms with Crippen LogP contribution in [-0.4, -0.2) is 41.3 Å². The second-order valence-corrected chi connectivity index (χ2v) is 5.29. The molecule has 0 bridgehead atoms. The van der Waals surface area contributed by atoms with Crippen molar-refractivity contribution in [1.82, 2.24) is 15.2 Å². The molecule has 1 aliphatic rings. The summed E-state index contributed by atoms with van der Waals surface area (Å²) in [6, 6.07) is 12.9. The highest BCUT2D eigenvalue weighted by Gasteiger charge is 2.18. The van der Waals surface area contributed by atoms with E-state index in [0.29, 0.717) is 24.7 Å². The van der Waals surface area contributed by atoms with Crippen molar-refractivity contribution in [3.05, 3.63) is 60.3 Å². The number of benzene rings is 1. The second-order valence-electron chi connectivity index (χ2n) is 5.29. The number of rotatable bonds is 4. The van der Waals surface area contributed by atoms with Gasteiger partial charge in [-0.25, -0.2) is 4.98 Å². The van der Waals surface area contributed by atoms with Crippen molar-refractivity contribution in [1.29, 1.82) is 0 Å². The number of ether oxygens (including phenoxy) is 1. The normalized spacial score (nSPS) is 14.5. The fourth-order valence-electron chi connectivity index (χ4n) is 2.26. The molecule has 6 nitrogen and oxygen atoms in total. The quantitative estimate of drug-likeness (QED) is 0.872. The van der Waals surface area contributed by atoms with Crippen LogP contribution in [0.1, 0.15) is 5.56 Å². The van der Waals surface area contributed by atoms with Crippen molar-refractivity contribution in [3.63, 3.8) is 0 Å². The molecule has 1 aliphatic heterocycles. The van der Waals surface area contributed by atoms with Gasteiger partial charge in [0.15, 0.2) is 0 Å². The summed E-state index contributed by atoms with van der Waals surface area (Å²) in [5, 5.41) is 2.69. The molecule has 0 radical (unpaired) electrons. The van der Waals surface area contributed by atoms with E-state index in [1.807, 2.05) is 36.4 Å². The Morgan fingerprint density at radius 1 is 1.21 bits per heavy atom. The smallest absolute Gasteiger partial charge is 0.247 e. The van der Waals surface area contributed by atoms with Crippen molar-refractivity contribution >= 4 is 17.9 Å². The third-order valence-electron chi connectivity index (χ3n) is 3.49. The summed E-state index contributed by atoms with van der Waals surface area (Å²) < 4.78 is 5.61. The van der Waals surface area contributed by atoms with E-state index in [4.69, 9.17) is 4.74 Å². The molecule has 122 valence electrons. The number of amides is 2. The molecule has 0 unspecified atom stereocenters. The van der Waals surface area contributed by atoms with E-state index < -0.39 is 0 Å². The summed E-state index contributed by atoms with van der Waals surface area (Å²) in [5.41, 5.74) is 0.783. The first kappa shape index (κ1) is 15.7. The first-order valence-electron chi connectivity index (χ1n) is 7.63. The molecule has 0 aliphatic carbocycles. The maximum Gasteiger partial charge on any atom is 0.247 e. The van der Waals surface area contributed by atoms with Gasteiger partial charge in [-0.3, -0.25) is 9.59 Å². The highest BCUT2D eigenvalue weighted by molar-refractivity contribution is 5.94. The minimum atomic E-state index is -0.186. The van der Waals surface area contributed by atoms with Crippen molar-refractivity contribution in [3.8, 4) is 11.6 Å². The van der Waals surface area contributed by atoms with Crippen LogP contribution in [0.5, 0.6) is 11.6 Å². The van der Waals surface area contributed by atoms with E-state index in [-0.39, 0.29) is 18.4 Å². The van der Waals surface area contributed by atoms with E-state index in [1.54, 1.807) is 18.3 Å². The predicted molar refractivity (Wildman–Crippen MR) is 89.4 cm³/mol. The standard InChI is InChI=1S/C18H17N3O3/c22-16-13-21(11-10-19-16)18(23)9-7-14-6-8-17(20-12-14)24-15-4-2-1-3-5-15/h1-9,12H,10-11,13H2,(H,19,22)/b9-7+. The Bertz CT molecular complexity index is 742. The van der Waals surface area contributed by atoms with Gasteiger partial charge >= 0.3 is 0 Å². The number of carbonyl (C=O) groups is 2. The molecule has 0 saturated carbocycles. The van der Waals surface area contributed by atoms with Crippen LogP contribution in [0.15, 0.2) is 54.7 Å². The molecule has 1 saturated heterocycles. The minimum absolute atomic E-state index is 0.102. The van der Waals surface area contributed by atoms with E-state index in [1.165, 1.54) is 11.0 Å². The molecule has 1 N–H and O–H groups in total. The zero-order valence-corrected chi connectivity index (χ0v) is 13.0. The summed E-state index contributed by atoms with van der Waals surface area (Å²) in [6.45, 7) is 1.12. The van der Waals surface area contributed by atoms with Gasteiger partial charge in [-0.2, -0.15) is 0 Å². The number of hydrogen-bond acceptors (Lipinski definition) is 4. The van der Waals surface area contributed by atoms with Gasteiger partial charge in [-0.15, -0.1) is 0 Å². The molecule has 2 amide bonds. The van der Waals surface area contributed by atoms with Crippen molar-refractivity contribution in [2.45, 2.75) is 0 Å². The molecule has 0 spiro atoms. The van der Waals surface area contributed by atoms with E-state index in [9.17, 15) is 9.59 Å². The van der Waals surface area contributed by atoms with Crippen LogP contribution in [-0.2, 0) is 9.59 Å². The molecule has 3 rings (SSSR count). The monoisotopic (exact) mass is 323 g/mol. The van der Waals surface area contributed by atoms with Gasteiger partial charge < -0.3 is 15.0 Å². The molecule has 24 heavy (non-hydrogen) atoms. The summed E-state index contributed by atoms with van der Waals surface area (Å²) in [7, 11) is 0. The molecule has 0 atom stereocenters. The highest BCUT2D eigenvalue weighted by Crippen LogP contribution is 2.18. The van der Waals surface area contributed by atoms with Crippen molar-refractivity contribution in [2.24, 2.45) is 0 Å².